The smallest absolute Gasteiger partial charge is 0.410 e. The second kappa shape index (κ2) is 7.31. The maximum absolute atomic E-state index is 12.1. The number of hydrogen-bond donors (Lipinski definition) is 2. The molecule has 0 aliphatic carbocycles. The van der Waals surface area contributed by atoms with Gasteiger partial charge in [0.2, 0.25) is 0 Å². The molecule has 0 saturated carbocycles. The molecule has 1 aromatic rings. The molecule has 1 aromatic heterocycles. The van der Waals surface area contributed by atoms with Crippen molar-refractivity contribution in [3.8, 4) is 0 Å². The van der Waals surface area contributed by atoms with Gasteiger partial charge >= 0.3 is 6.09 Å². The monoisotopic (exact) mass is 387 g/mol. The van der Waals surface area contributed by atoms with Gasteiger partial charge in [0.1, 0.15) is 10.2 Å². The van der Waals surface area contributed by atoms with E-state index >= 15 is 0 Å². The number of rotatable bonds is 3. The van der Waals surface area contributed by atoms with Crippen LogP contribution in [0.25, 0.3) is 0 Å². The lowest BCUT2D eigenvalue weighted by atomic mass is 10.2. The molecule has 0 bridgehead atoms. The van der Waals surface area contributed by atoms with Crippen LogP contribution in [-0.4, -0.2) is 58.9 Å². The summed E-state index contributed by atoms with van der Waals surface area (Å²) in [4.78, 5) is 22.0. The van der Waals surface area contributed by atoms with Gasteiger partial charge in [-0.3, -0.25) is 0 Å². The van der Waals surface area contributed by atoms with Gasteiger partial charge < -0.3 is 25.4 Å². The molecule has 8 nitrogen and oxygen atoms in total. The first-order valence-electron chi connectivity index (χ1n) is 7.36. The zero-order valence-electron chi connectivity index (χ0n) is 13.5. The summed E-state index contributed by atoms with van der Waals surface area (Å²) in [5, 5.41) is 3.10. The number of nitrogen functional groups attached to an aromatic ring is 1. The second-order valence-electron chi connectivity index (χ2n) is 6.23. The number of aromatic nitrogens is 2. The Morgan fingerprint density at radius 2 is 2.35 bits per heavy atom. The van der Waals surface area contributed by atoms with E-state index in [9.17, 15) is 4.79 Å². The van der Waals surface area contributed by atoms with Gasteiger partial charge in [0.15, 0.2) is 11.6 Å². The lowest BCUT2D eigenvalue weighted by Crippen LogP contribution is -2.49. The zero-order valence-corrected chi connectivity index (χ0v) is 15.1. The first kappa shape index (κ1) is 17.7. The summed E-state index contributed by atoms with van der Waals surface area (Å²) in [6, 6.07) is 0. The van der Waals surface area contributed by atoms with Gasteiger partial charge in [-0.15, -0.1) is 0 Å². The van der Waals surface area contributed by atoms with Crippen LogP contribution < -0.4 is 11.1 Å². The van der Waals surface area contributed by atoms with Crippen LogP contribution in [0.4, 0.5) is 16.4 Å². The van der Waals surface area contributed by atoms with Crippen LogP contribution in [-0.2, 0) is 9.47 Å². The van der Waals surface area contributed by atoms with E-state index in [4.69, 9.17) is 15.2 Å². The van der Waals surface area contributed by atoms with E-state index in [0.717, 1.165) is 0 Å². The molecule has 1 saturated heterocycles. The van der Waals surface area contributed by atoms with Gasteiger partial charge in [-0.1, -0.05) is 0 Å². The van der Waals surface area contributed by atoms with Crippen molar-refractivity contribution < 1.29 is 14.3 Å². The minimum absolute atomic E-state index is 0.170. The standard InChI is InChI=1S/C14H22BrN5O3/c1-14(2,3)23-13(21)20-4-5-22-9(8-20)6-18-12-11(16)17-7-10(15)19-12/h7,9H,4-6,8H2,1-3H3,(H2,16,17)(H,18,19)/t9-/m1/s1. The van der Waals surface area contributed by atoms with E-state index in [0.29, 0.717) is 42.5 Å². The Kier molecular flexibility index (Phi) is 5.64. The van der Waals surface area contributed by atoms with Crippen molar-refractivity contribution >= 4 is 33.7 Å². The Bertz CT molecular complexity index is 564. The van der Waals surface area contributed by atoms with Crippen LogP contribution in [0.15, 0.2) is 10.8 Å². The summed E-state index contributed by atoms with van der Waals surface area (Å²) in [6.45, 7) is 7.44. The molecule has 23 heavy (non-hydrogen) atoms. The number of nitrogens with zero attached hydrogens (tertiary/aromatic N) is 3. The highest BCUT2D eigenvalue weighted by atomic mass is 79.9. The molecule has 1 fully saturated rings. The molecule has 2 rings (SSSR count). The Labute approximate surface area is 143 Å². The van der Waals surface area contributed by atoms with E-state index in [-0.39, 0.29) is 12.2 Å². The van der Waals surface area contributed by atoms with Crippen LogP contribution in [0.2, 0.25) is 0 Å². The molecule has 2 heterocycles. The first-order chi connectivity index (χ1) is 10.7. The number of morpholine rings is 1. The van der Waals surface area contributed by atoms with Gasteiger partial charge in [0.05, 0.1) is 25.5 Å². The predicted molar refractivity (Wildman–Crippen MR) is 90.2 cm³/mol. The molecule has 128 valence electrons. The fraction of sp³-hybridized carbons (Fsp3) is 0.643. The minimum atomic E-state index is -0.510. The van der Waals surface area contributed by atoms with Crippen LogP contribution in [0.1, 0.15) is 20.8 Å². The predicted octanol–water partition coefficient (Wildman–Crippen LogP) is 1.87. The van der Waals surface area contributed by atoms with Crippen molar-refractivity contribution in [1.82, 2.24) is 14.9 Å². The topological polar surface area (TPSA) is 103 Å². The van der Waals surface area contributed by atoms with Crippen molar-refractivity contribution in [1.29, 1.82) is 0 Å². The molecule has 3 N–H and O–H groups in total. The quantitative estimate of drug-likeness (QED) is 0.815. The summed E-state index contributed by atoms with van der Waals surface area (Å²) in [5.74, 6) is 0.797. The fourth-order valence-corrected chi connectivity index (χ4v) is 2.33. The highest BCUT2D eigenvalue weighted by molar-refractivity contribution is 9.10. The van der Waals surface area contributed by atoms with Crippen molar-refractivity contribution in [3.63, 3.8) is 0 Å². The highest BCUT2D eigenvalue weighted by Crippen LogP contribution is 2.17. The molecule has 0 aromatic carbocycles. The number of amides is 1. The van der Waals surface area contributed by atoms with Crippen LogP contribution in [0, 0.1) is 0 Å². The van der Waals surface area contributed by atoms with Crippen molar-refractivity contribution in [3.05, 3.63) is 10.8 Å². The molecule has 1 amide bonds. The average molecular weight is 388 g/mol. The average Bonchev–Trinajstić information content (AvgIpc) is 2.47. The lowest BCUT2D eigenvalue weighted by Gasteiger charge is -2.34. The summed E-state index contributed by atoms with van der Waals surface area (Å²) in [5.41, 5.74) is 5.26. The maximum Gasteiger partial charge on any atom is 0.410 e. The molecule has 1 atom stereocenters. The number of nitrogens with one attached hydrogen (secondary N) is 1. The number of anilines is 2. The molecule has 1 aliphatic heterocycles. The lowest BCUT2D eigenvalue weighted by molar-refractivity contribution is -0.0371. The zero-order chi connectivity index (χ0) is 17.0. The first-order valence-corrected chi connectivity index (χ1v) is 8.15. The number of nitrogens with two attached hydrogens (primary N) is 1. The third-order valence-corrected chi connectivity index (χ3v) is 3.44. The van der Waals surface area contributed by atoms with E-state index < -0.39 is 5.60 Å². The largest absolute Gasteiger partial charge is 0.444 e. The molecule has 0 unspecified atom stereocenters. The molecule has 0 radical (unpaired) electrons. The molecule has 1 aliphatic rings. The Morgan fingerprint density at radius 1 is 1.61 bits per heavy atom. The summed E-state index contributed by atoms with van der Waals surface area (Å²) in [6.07, 6.45) is 1.03. The Morgan fingerprint density at radius 3 is 3.04 bits per heavy atom. The van der Waals surface area contributed by atoms with E-state index in [1.165, 1.54) is 6.20 Å². The molecule has 9 heteroatoms. The van der Waals surface area contributed by atoms with Crippen LogP contribution in [0.3, 0.4) is 0 Å². The second-order valence-corrected chi connectivity index (χ2v) is 7.04. The van der Waals surface area contributed by atoms with Gasteiger partial charge in [0.25, 0.3) is 0 Å². The SMILES string of the molecule is CC(C)(C)OC(=O)N1CCO[C@H](CNc2nc(Br)cnc2N)C1. The van der Waals surface area contributed by atoms with Crippen LogP contribution in [0.5, 0.6) is 0 Å². The summed E-state index contributed by atoms with van der Waals surface area (Å²) < 4.78 is 11.6. The van der Waals surface area contributed by atoms with Gasteiger partial charge in [-0.05, 0) is 36.7 Å². The number of halogens is 1. The normalized spacial score (nSPS) is 18.6. The summed E-state index contributed by atoms with van der Waals surface area (Å²) in [7, 11) is 0. The number of hydrogen-bond acceptors (Lipinski definition) is 7. The molecule has 0 spiro atoms. The van der Waals surface area contributed by atoms with Gasteiger partial charge in [0, 0.05) is 13.1 Å². The van der Waals surface area contributed by atoms with Crippen LogP contribution >= 0.6 is 15.9 Å². The number of carbonyl (C=O) groups is 1. The van der Waals surface area contributed by atoms with Crippen molar-refractivity contribution in [2.75, 3.05) is 37.3 Å². The minimum Gasteiger partial charge on any atom is -0.444 e. The van der Waals surface area contributed by atoms with Gasteiger partial charge in [-0.25, -0.2) is 14.8 Å². The third-order valence-electron chi connectivity index (χ3n) is 3.06. The number of ether oxygens (including phenoxy) is 2. The molecular weight excluding hydrogens is 366 g/mol. The van der Waals surface area contributed by atoms with Gasteiger partial charge in [-0.2, -0.15) is 0 Å². The third kappa shape index (κ3) is 5.51. The fourth-order valence-electron chi connectivity index (χ4n) is 2.05. The Balaban J connectivity index is 1.89. The van der Waals surface area contributed by atoms with E-state index in [2.05, 4.69) is 31.2 Å². The maximum atomic E-state index is 12.1. The van der Waals surface area contributed by atoms with Crippen molar-refractivity contribution in [2.24, 2.45) is 0 Å². The number of carbonyl (C=O) groups excluding carboxylic acids is 1. The Hall–Kier alpha value is -1.61. The van der Waals surface area contributed by atoms with E-state index in [1.807, 2.05) is 20.8 Å². The highest BCUT2D eigenvalue weighted by Gasteiger charge is 2.28. The summed E-state index contributed by atoms with van der Waals surface area (Å²) >= 11 is 3.25. The van der Waals surface area contributed by atoms with E-state index in [1.54, 1.807) is 4.90 Å². The van der Waals surface area contributed by atoms with Crippen molar-refractivity contribution in [2.45, 2.75) is 32.5 Å². The molecular formula is C14H22BrN5O3.